The molecule has 20 heavy (non-hydrogen) atoms. The number of nitriles is 1. The van der Waals surface area contributed by atoms with Gasteiger partial charge < -0.3 is 10.6 Å². The third-order valence-electron chi connectivity index (χ3n) is 3.20. The van der Waals surface area contributed by atoms with Crippen LogP contribution in [0.4, 0.5) is 5.13 Å². The van der Waals surface area contributed by atoms with Gasteiger partial charge in [-0.05, 0) is 25.7 Å². The molecule has 1 aromatic rings. The summed E-state index contributed by atoms with van der Waals surface area (Å²) in [7, 11) is 0. The molecule has 0 radical (unpaired) electrons. The van der Waals surface area contributed by atoms with Gasteiger partial charge in [0.05, 0.1) is 11.8 Å². The molecule has 7 nitrogen and oxygen atoms in total. The second-order valence-electron chi connectivity index (χ2n) is 4.47. The molecule has 1 aliphatic rings. The first-order valence-corrected chi connectivity index (χ1v) is 7.10. The molecule has 8 heteroatoms. The van der Waals surface area contributed by atoms with Crippen LogP contribution >= 0.6 is 11.3 Å². The molecule has 1 aliphatic carbocycles. The zero-order valence-electron chi connectivity index (χ0n) is 10.8. The van der Waals surface area contributed by atoms with Gasteiger partial charge in [0.25, 0.3) is 0 Å². The first-order chi connectivity index (χ1) is 9.67. The fraction of sp³-hybridized carbons (Fsp3) is 0.500. The van der Waals surface area contributed by atoms with Crippen LogP contribution in [0.25, 0.3) is 0 Å². The number of hydrogen-bond acceptors (Lipinski definition) is 6. The van der Waals surface area contributed by atoms with Gasteiger partial charge in [-0.25, -0.2) is 4.98 Å². The van der Waals surface area contributed by atoms with Crippen molar-refractivity contribution in [1.82, 2.24) is 4.98 Å². The number of nitrogens with one attached hydrogen (secondary N) is 1. The van der Waals surface area contributed by atoms with E-state index < -0.39 is 5.96 Å². The topological polar surface area (TPSA) is 116 Å². The maximum absolute atomic E-state index is 10.5. The molecule has 1 unspecified atom stereocenters. The van der Waals surface area contributed by atoms with Gasteiger partial charge >= 0.3 is 6.47 Å². The Hall–Kier alpha value is -2.14. The summed E-state index contributed by atoms with van der Waals surface area (Å²) in [5.74, 6) is -0.134. The highest BCUT2D eigenvalue weighted by Crippen LogP contribution is 2.39. The van der Waals surface area contributed by atoms with Gasteiger partial charge in [0.1, 0.15) is 0 Å². The average Bonchev–Trinajstić information content (AvgIpc) is 2.86. The number of nitrogens with two attached hydrogens (primary N) is 1. The monoisotopic (exact) mass is 293 g/mol. The smallest absolute Gasteiger partial charge is 0.321 e. The predicted molar refractivity (Wildman–Crippen MR) is 74.2 cm³/mol. The molecule has 0 aliphatic heterocycles. The van der Waals surface area contributed by atoms with Crippen LogP contribution in [0.15, 0.2) is 0 Å². The quantitative estimate of drug-likeness (QED) is 0.369. The van der Waals surface area contributed by atoms with E-state index in [4.69, 9.17) is 16.4 Å². The van der Waals surface area contributed by atoms with Crippen molar-refractivity contribution in [2.75, 3.05) is 5.06 Å². The second kappa shape index (κ2) is 6.34. The number of rotatable bonds is 5. The number of aromatic nitrogens is 1. The molecule has 0 fully saturated rings. The number of aryl methyl sites for hydroxylation is 1. The molecular formula is C12H15N5O2S. The summed E-state index contributed by atoms with van der Waals surface area (Å²) in [4.78, 5) is 20.7. The fourth-order valence-corrected chi connectivity index (χ4v) is 3.50. The molecule has 1 heterocycles. The summed E-state index contributed by atoms with van der Waals surface area (Å²) in [6, 6.07) is 2.15. The molecule has 0 bridgehead atoms. The first-order valence-electron chi connectivity index (χ1n) is 6.28. The van der Waals surface area contributed by atoms with Gasteiger partial charge in [-0.3, -0.25) is 10.2 Å². The van der Waals surface area contributed by atoms with Crippen LogP contribution in [0.2, 0.25) is 0 Å². The highest BCUT2D eigenvalue weighted by Gasteiger charge is 2.27. The van der Waals surface area contributed by atoms with Crippen LogP contribution in [0.3, 0.4) is 0 Å². The number of nitrogens with zero attached hydrogens (tertiary/aromatic N) is 3. The largest absolute Gasteiger partial charge is 0.367 e. The lowest BCUT2D eigenvalue weighted by atomic mass is 9.88. The summed E-state index contributed by atoms with van der Waals surface area (Å²) in [6.07, 6.45) is 4.26. The van der Waals surface area contributed by atoms with Crippen molar-refractivity contribution in [2.45, 2.75) is 38.0 Å². The Balaban J connectivity index is 2.26. The molecule has 0 saturated carbocycles. The van der Waals surface area contributed by atoms with Crippen molar-refractivity contribution < 1.29 is 9.63 Å². The van der Waals surface area contributed by atoms with Crippen LogP contribution in [0.5, 0.6) is 0 Å². The van der Waals surface area contributed by atoms with Gasteiger partial charge in [-0.15, -0.1) is 5.06 Å². The van der Waals surface area contributed by atoms with E-state index in [9.17, 15) is 4.79 Å². The Bertz CT molecular complexity index is 551. The SMILES string of the molecule is N#CCCC1CCCc2sc(N(OC=O)C(=N)N)nc21. The Kier molecular flexibility index (Phi) is 4.53. The summed E-state index contributed by atoms with van der Waals surface area (Å²) in [6.45, 7) is 0.217. The number of carbonyl (C=O) groups is 1. The summed E-state index contributed by atoms with van der Waals surface area (Å²) < 4.78 is 0. The third-order valence-corrected chi connectivity index (χ3v) is 4.30. The van der Waals surface area contributed by atoms with Crippen molar-refractivity contribution in [1.29, 1.82) is 10.7 Å². The molecule has 1 atom stereocenters. The predicted octanol–water partition coefficient (Wildman–Crippen LogP) is 1.65. The van der Waals surface area contributed by atoms with E-state index in [1.807, 2.05) is 0 Å². The van der Waals surface area contributed by atoms with Crippen molar-refractivity contribution in [3.05, 3.63) is 10.6 Å². The van der Waals surface area contributed by atoms with E-state index in [0.29, 0.717) is 11.6 Å². The Labute approximate surface area is 120 Å². The highest BCUT2D eigenvalue weighted by atomic mass is 32.1. The number of anilines is 1. The van der Waals surface area contributed by atoms with Gasteiger partial charge in [0.2, 0.25) is 11.1 Å². The van der Waals surface area contributed by atoms with Crippen molar-refractivity contribution in [3.8, 4) is 6.07 Å². The summed E-state index contributed by atoms with van der Waals surface area (Å²) in [5, 5.41) is 17.4. The van der Waals surface area contributed by atoms with E-state index in [1.165, 1.54) is 11.3 Å². The molecule has 2 rings (SSSR count). The van der Waals surface area contributed by atoms with Crippen molar-refractivity contribution in [2.24, 2.45) is 5.73 Å². The lowest BCUT2D eigenvalue weighted by Crippen LogP contribution is -2.36. The Morgan fingerprint density at radius 1 is 1.75 bits per heavy atom. The molecule has 3 N–H and O–H groups in total. The van der Waals surface area contributed by atoms with E-state index >= 15 is 0 Å². The van der Waals surface area contributed by atoms with Crippen LogP contribution in [0.1, 0.15) is 42.2 Å². The Morgan fingerprint density at radius 2 is 2.55 bits per heavy atom. The molecular weight excluding hydrogens is 278 g/mol. The average molecular weight is 293 g/mol. The van der Waals surface area contributed by atoms with E-state index in [-0.39, 0.29) is 12.4 Å². The second-order valence-corrected chi connectivity index (χ2v) is 5.53. The lowest BCUT2D eigenvalue weighted by molar-refractivity contribution is -0.128. The minimum atomic E-state index is -0.392. The fourth-order valence-electron chi connectivity index (χ4n) is 2.35. The van der Waals surface area contributed by atoms with Gasteiger partial charge in [0.15, 0.2) is 0 Å². The zero-order chi connectivity index (χ0) is 14.5. The van der Waals surface area contributed by atoms with E-state index in [2.05, 4.69) is 15.9 Å². The maximum atomic E-state index is 10.5. The van der Waals surface area contributed by atoms with Gasteiger partial charge in [-0.2, -0.15) is 5.26 Å². The molecule has 0 amide bonds. The van der Waals surface area contributed by atoms with Crippen molar-refractivity contribution in [3.63, 3.8) is 0 Å². The number of hydrogen-bond donors (Lipinski definition) is 2. The van der Waals surface area contributed by atoms with Crippen LogP contribution < -0.4 is 10.8 Å². The number of carbonyl (C=O) groups excluding carboxylic acids is 1. The number of guanidine groups is 1. The molecule has 0 aromatic carbocycles. The van der Waals surface area contributed by atoms with Crippen molar-refractivity contribution >= 4 is 28.9 Å². The summed E-state index contributed by atoms with van der Waals surface area (Å²) in [5.41, 5.74) is 6.33. The van der Waals surface area contributed by atoms with Crippen LogP contribution in [-0.2, 0) is 16.1 Å². The minimum Gasteiger partial charge on any atom is -0.367 e. The van der Waals surface area contributed by atoms with Gasteiger partial charge in [-0.1, -0.05) is 11.3 Å². The standard InChI is InChI=1S/C12H15N5O2S/c13-6-2-4-8-3-1-5-9-10(8)16-12(20-9)17(11(14)15)19-7-18/h7-8H,1-5H2,(H3,14,15). The van der Waals surface area contributed by atoms with E-state index in [1.54, 1.807) is 0 Å². The normalized spacial score (nSPS) is 16.9. The minimum absolute atomic E-state index is 0.217. The number of hydroxylamine groups is 1. The maximum Gasteiger partial charge on any atom is 0.321 e. The Morgan fingerprint density at radius 3 is 3.20 bits per heavy atom. The lowest BCUT2D eigenvalue weighted by Gasteiger charge is -2.19. The van der Waals surface area contributed by atoms with Crippen LogP contribution in [0, 0.1) is 16.7 Å². The zero-order valence-corrected chi connectivity index (χ0v) is 11.7. The molecule has 0 spiro atoms. The molecule has 106 valence electrons. The van der Waals surface area contributed by atoms with Crippen LogP contribution in [-0.4, -0.2) is 17.4 Å². The number of fused-ring (bicyclic) bond motifs is 1. The third kappa shape index (κ3) is 2.88. The molecule has 1 aromatic heterocycles. The highest BCUT2D eigenvalue weighted by molar-refractivity contribution is 7.15. The number of thiazole rings is 1. The first kappa shape index (κ1) is 14.3. The summed E-state index contributed by atoms with van der Waals surface area (Å²) >= 11 is 1.38. The molecule has 0 saturated heterocycles. The van der Waals surface area contributed by atoms with E-state index in [0.717, 1.165) is 41.3 Å². The van der Waals surface area contributed by atoms with Gasteiger partial charge in [0, 0.05) is 17.2 Å².